The monoisotopic (exact) mass is 222 g/mol. The number of Topliss-reactive ketones (excluding diaryl/α,β-unsaturated/α-hetero) is 1. The van der Waals surface area contributed by atoms with Gasteiger partial charge in [0.1, 0.15) is 5.78 Å². The average molecular weight is 222 g/mol. The van der Waals surface area contributed by atoms with Crippen LogP contribution >= 0.6 is 0 Å². The van der Waals surface area contributed by atoms with E-state index < -0.39 is 11.4 Å². The Bertz CT molecular complexity index is 375. The van der Waals surface area contributed by atoms with E-state index in [1.807, 2.05) is 0 Å². The van der Waals surface area contributed by atoms with Crippen molar-refractivity contribution in [2.75, 3.05) is 0 Å². The number of hydrogen-bond acceptors (Lipinski definition) is 2. The summed E-state index contributed by atoms with van der Waals surface area (Å²) in [5.41, 5.74) is -0.802. The van der Waals surface area contributed by atoms with Gasteiger partial charge in [-0.25, -0.2) is 0 Å². The van der Waals surface area contributed by atoms with Crippen molar-refractivity contribution < 1.29 is 14.7 Å². The summed E-state index contributed by atoms with van der Waals surface area (Å²) >= 11 is 0. The Morgan fingerprint density at radius 1 is 1.25 bits per heavy atom. The minimum Gasteiger partial charge on any atom is -0.481 e. The Morgan fingerprint density at radius 3 is 2.62 bits per heavy atom. The lowest BCUT2D eigenvalue weighted by atomic mass is 9.61. The van der Waals surface area contributed by atoms with Gasteiger partial charge in [-0.1, -0.05) is 6.42 Å². The molecule has 88 valence electrons. The Labute approximate surface area is 95.2 Å². The number of carbonyl (C=O) groups excluding carboxylic acids is 1. The van der Waals surface area contributed by atoms with Crippen LogP contribution in [-0.2, 0) is 9.59 Å². The molecule has 1 N–H and O–H groups in total. The summed E-state index contributed by atoms with van der Waals surface area (Å²) in [4.78, 5) is 23.6. The van der Waals surface area contributed by atoms with E-state index in [4.69, 9.17) is 0 Å². The molecule has 3 nitrogen and oxygen atoms in total. The maximum absolute atomic E-state index is 12.0. The molecule has 0 radical (unpaired) electrons. The third-order valence-corrected chi connectivity index (χ3v) is 5.73. The van der Waals surface area contributed by atoms with Crippen molar-refractivity contribution in [1.29, 1.82) is 0 Å². The molecule has 16 heavy (non-hydrogen) atoms. The van der Waals surface area contributed by atoms with Crippen LogP contribution in [0, 0.1) is 22.7 Å². The molecule has 4 unspecified atom stereocenters. The zero-order chi connectivity index (χ0) is 11.6. The molecule has 0 spiro atoms. The van der Waals surface area contributed by atoms with Gasteiger partial charge < -0.3 is 5.11 Å². The number of hydrogen-bond donors (Lipinski definition) is 1. The van der Waals surface area contributed by atoms with Gasteiger partial charge in [0.25, 0.3) is 0 Å². The molecular formula is C13H18O3. The van der Waals surface area contributed by atoms with Gasteiger partial charge in [0.15, 0.2) is 0 Å². The highest BCUT2D eigenvalue weighted by Gasteiger charge is 2.71. The molecule has 3 aliphatic carbocycles. The molecule has 0 aromatic carbocycles. The summed E-state index contributed by atoms with van der Waals surface area (Å²) in [6.07, 6.45) is 5.42. The third-order valence-electron chi connectivity index (χ3n) is 5.73. The van der Waals surface area contributed by atoms with Gasteiger partial charge in [-0.15, -0.1) is 0 Å². The van der Waals surface area contributed by atoms with Gasteiger partial charge in [-0.05, 0) is 50.9 Å². The van der Waals surface area contributed by atoms with Crippen LogP contribution in [-0.4, -0.2) is 16.9 Å². The lowest BCUT2D eigenvalue weighted by Crippen LogP contribution is -2.44. The highest BCUT2D eigenvalue weighted by atomic mass is 16.4. The van der Waals surface area contributed by atoms with Crippen molar-refractivity contribution in [3.8, 4) is 0 Å². The second-order valence-corrected chi connectivity index (χ2v) is 5.94. The largest absolute Gasteiger partial charge is 0.481 e. The van der Waals surface area contributed by atoms with Gasteiger partial charge in [0, 0.05) is 5.41 Å². The lowest BCUT2D eigenvalue weighted by molar-refractivity contribution is -0.154. The number of carboxylic acids is 1. The van der Waals surface area contributed by atoms with E-state index in [0.29, 0.717) is 5.92 Å². The van der Waals surface area contributed by atoms with Gasteiger partial charge in [-0.2, -0.15) is 0 Å². The number of carboxylic acid groups (broad SMARTS) is 1. The van der Waals surface area contributed by atoms with E-state index in [-0.39, 0.29) is 17.1 Å². The molecular weight excluding hydrogens is 204 g/mol. The molecule has 0 heterocycles. The van der Waals surface area contributed by atoms with Crippen LogP contribution in [0.15, 0.2) is 0 Å². The minimum absolute atomic E-state index is 0.133. The van der Waals surface area contributed by atoms with E-state index in [2.05, 4.69) is 0 Å². The fourth-order valence-electron chi connectivity index (χ4n) is 5.17. The van der Waals surface area contributed by atoms with Crippen molar-refractivity contribution in [2.24, 2.45) is 22.7 Å². The first kappa shape index (κ1) is 10.3. The molecule has 0 aromatic heterocycles. The van der Waals surface area contributed by atoms with Crippen molar-refractivity contribution in [3.63, 3.8) is 0 Å². The molecule has 2 bridgehead atoms. The zero-order valence-electron chi connectivity index (χ0n) is 9.66. The average Bonchev–Trinajstić information content (AvgIpc) is 2.88. The Kier molecular flexibility index (Phi) is 1.85. The maximum Gasteiger partial charge on any atom is 0.309 e. The predicted octanol–water partition coefficient (Wildman–Crippen LogP) is 2.25. The van der Waals surface area contributed by atoms with Gasteiger partial charge in [-0.3, -0.25) is 9.59 Å². The van der Waals surface area contributed by atoms with Gasteiger partial charge >= 0.3 is 5.97 Å². The summed E-state index contributed by atoms with van der Waals surface area (Å²) in [5.74, 6) is 0.0928. The van der Waals surface area contributed by atoms with Crippen molar-refractivity contribution in [3.05, 3.63) is 0 Å². The first-order valence-corrected chi connectivity index (χ1v) is 6.28. The molecule has 3 fully saturated rings. The second-order valence-electron chi connectivity index (χ2n) is 5.94. The molecule has 3 saturated carbocycles. The van der Waals surface area contributed by atoms with Gasteiger partial charge in [0.2, 0.25) is 0 Å². The van der Waals surface area contributed by atoms with Crippen LogP contribution in [0.1, 0.15) is 45.4 Å². The number of ketones is 1. The molecule has 3 heteroatoms. The smallest absolute Gasteiger partial charge is 0.309 e. The SMILES string of the molecule is CC(=O)C12CCCC1C1(C(=O)O)CCC2C1. The van der Waals surface area contributed by atoms with Crippen molar-refractivity contribution in [2.45, 2.75) is 45.4 Å². The summed E-state index contributed by atoms with van der Waals surface area (Å²) in [6, 6.07) is 0. The van der Waals surface area contributed by atoms with E-state index >= 15 is 0 Å². The summed E-state index contributed by atoms with van der Waals surface area (Å²) in [5, 5.41) is 9.52. The Hall–Kier alpha value is -0.860. The van der Waals surface area contributed by atoms with Crippen LogP contribution in [0.25, 0.3) is 0 Å². The standard InChI is InChI=1S/C13H18O3/c1-8(14)13-5-2-3-10(13)12(11(15)16)6-4-9(13)7-12/h9-10H,2-7H2,1H3,(H,15,16). The first-order chi connectivity index (χ1) is 7.54. The first-order valence-electron chi connectivity index (χ1n) is 6.28. The Balaban J connectivity index is 2.11. The van der Waals surface area contributed by atoms with E-state index in [1.54, 1.807) is 6.92 Å². The van der Waals surface area contributed by atoms with Crippen molar-refractivity contribution >= 4 is 11.8 Å². The fraction of sp³-hybridized carbons (Fsp3) is 0.846. The molecule has 0 aromatic rings. The maximum atomic E-state index is 12.0. The quantitative estimate of drug-likeness (QED) is 0.779. The third kappa shape index (κ3) is 0.871. The highest BCUT2D eigenvalue weighted by Crippen LogP contribution is 2.72. The molecule has 3 rings (SSSR count). The van der Waals surface area contributed by atoms with Gasteiger partial charge in [0.05, 0.1) is 5.41 Å². The Morgan fingerprint density at radius 2 is 2.00 bits per heavy atom. The topological polar surface area (TPSA) is 54.4 Å². The molecule has 0 amide bonds. The lowest BCUT2D eigenvalue weighted by Gasteiger charge is -2.40. The van der Waals surface area contributed by atoms with Crippen LogP contribution in [0.2, 0.25) is 0 Å². The second kappa shape index (κ2) is 2.88. The predicted molar refractivity (Wildman–Crippen MR) is 57.9 cm³/mol. The number of aliphatic carboxylic acids is 1. The van der Waals surface area contributed by atoms with Crippen molar-refractivity contribution in [1.82, 2.24) is 0 Å². The van der Waals surface area contributed by atoms with Crippen LogP contribution in [0.5, 0.6) is 0 Å². The van der Waals surface area contributed by atoms with Crippen LogP contribution < -0.4 is 0 Å². The highest BCUT2D eigenvalue weighted by molar-refractivity contribution is 5.87. The molecule has 3 aliphatic rings. The minimum atomic E-state index is -0.648. The number of fused-ring (bicyclic) bond motifs is 5. The number of carbonyl (C=O) groups is 2. The number of rotatable bonds is 2. The van der Waals surface area contributed by atoms with E-state index in [9.17, 15) is 14.7 Å². The molecule has 4 atom stereocenters. The van der Waals surface area contributed by atoms with E-state index in [0.717, 1.165) is 38.5 Å². The molecule has 0 saturated heterocycles. The van der Waals surface area contributed by atoms with Crippen LogP contribution in [0.3, 0.4) is 0 Å². The molecule has 0 aliphatic heterocycles. The zero-order valence-corrected chi connectivity index (χ0v) is 9.66. The normalized spacial score (nSPS) is 49.3. The van der Waals surface area contributed by atoms with E-state index in [1.165, 1.54) is 0 Å². The summed E-state index contributed by atoms with van der Waals surface area (Å²) in [7, 11) is 0. The summed E-state index contributed by atoms with van der Waals surface area (Å²) in [6.45, 7) is 1.68. The fourth-order valence-corrected chi connectivity index (χ4v) is 5.17. The summed E-state index contributed by atoms with van der Waals surface area (Å²) < 4.78 is 0. The van der Waals surface area contributed by atoms with Crippen LogP contribution in [0.4, 0.5) is 0 Å².